The fraction of sp³-hybridized carbons (Fsp3) is 0.364. The molecule has 0 aliphatic carbocycles. The van der Waals surface area contributed by atoms with Gasteiger partial charge in [0.15, 0.2) is 0 Å². The van der Waals surface area contributed by atoms with Crippen LogP contribution >= 0.6 is 0 Å². The Hall–Kier alpha value is -1.62. The van der Waals surface area contributed by atoms with E-state index < -0.39 is 0 Å². The smallest absolute Gasteiger partial charge is 0.328 e. The van der Waals surface area contributed by atoms with E-state index in [0.717, 1.165) is 11.9 Å². The maximum Gasteiger partial charge on any atom is 0.328 e. The molecule has 1 aromatic carbocycles. The van der Waals surface area contributed by atoms with Gasteiger partial charge in [0.1, 0.15) is 5.82 Å². The van der Waals surface area contributed by atoms with Gasteiger partial charge in [-0.05, 0) is 31.2 Å². The van der Waals surface area contributed by atoms with Gasteiger partial charge in [0.25, 0.3) is 0 Å². The van der Waals surface area contributed by atoms with E-state index >= 15 is 0 Å². The van der Waals surface area contributed by atoms with Crippen molar-refractivity contribution in [2.45, 2.75) is 13.0 Å². The van der Waals surface area contributed by atoms with Gasteiger partial charge in [-0.2, -0.15) is 0 Å². The summed E-state index contributed by atoms with van der Waals surface area (Å²) >= 11 is 0. The van der Waals surface area contributed by atoms with Gasteiger partial charge in [0.05, 0.1) is 11.0 Å². The standard InChI is InChI=1S/C11H14FN3O/c1-14-10-7-8(12)3-4-9(10)15(11(14)16)6-2-5-13/h3-4,7H,2,5-6,13H2,1H3. The number of aryl methyl sites for hydroxylation is 2. The number of halogens is 1. The molecule has 16 heavy (non-hydrogen) atoms. The molecule has 0 radical (unpaired) electrons. The van der Waals surface area contributed by atoms with Gasteiger partial charge in [-0.1, -0.05) is 0 Å². The number of benzene rings is 1. The molecule has 1 aromatic heterocycles. The second-order valence-electron chi connectivity index (χ2n) is 3.77. The van der Waals surface area contributed by atoms with Crippen molar-refractivity contribution in [3.05, 3.63) is 34.5 Å². The summed E-state index contributed by atoms with van der Waals surface area (Å²) in [5.41, 5.74) is 6.65. The Morgan fingerprint density at radius 1 is 1.38 bits per heavy atom. The molecule has 2 N–H and O–H groups in total. The predicted molar refractivity (Wildman–Crippen MR) is 60.8 cm³/mol. The molecular weight excluding hydrogens is 209 g/mol. The summed E-state index contributed by atoms with van der Waals surface area (Å²) in [7, 11) is 1.64. The second-order valence-corrected chi connectivity index (χ2v) is 3.77. The number of hydrogen-bond acceptors (Lipinski definition) is 2. The Labute approximate surface area is 92.1 Å². The van der Waals surface area contributed by atoms with Gasteiger partial charge >= 0.3 is 5.69 Å². The highest BCUT2D eigenvalue weighted by molar-refractivity contribution is 5.76. The summed E-state index contributed by atoms with van der Waals surface area (Å²) in [6.45, 7) is 1.10. The van der Waals surface area contributed by atoms with Crippen LogP contribution in [-0.2, 0) is 13.6 Å². The summed E-state index contributed by atoms with van der Waals surface area (Å²) in [5, 5.41) is 0. The van der Waals surface area contributed by atoms with Crippen molar-refractivity contribution in [1.29, 1.82) is 0 Å². The Kier molecular flexibility index (Phi) is 2.78. The zero-order chi connectivity index (χ0) is 11.7. The lowest BCUT2D eigenvalue weighted by atomic mass is 10.3. The molecule has 2 aromatic rings. The monoisotopic (exact) mass is 223 g/mol. The zero-order valence-electron chi connectivity index (χ0n) is 9.11. The minimum atomic E-state index is -0.334. The van der Waals surface area contributed by atoms with E-state index in [0.29, 0.717) is 18.6 Å². The normalized spacial score (nSPS) is 11.2. The molecule has 0 atom stereocenters. The molecule has 0 bridgehead atoms. The fourth-order valence-corrected chi connectivity index (χ4v) is 1.85. The SMILES string of the molecule is Cn1c(=O)n(CCCN)c2ccc(F)cc21. The lowest BCUT2D eigenvalue weighted by molar-refractivity contribution is 0.628. The molecule has 0 unspecified atom stereocenters. The third kappa shape index (κ3) is 1.63. The van der Waals surface area contributed by atoms with Crippen LogP contribution in [0.5, 0.6) is 0 Å². The summed E-state index contributed by atoms with van der Waals surface area (Å²) < 4.78 is 16.1. The van der Waals surface area contributed by atoms with Gasteiger partial charge in [-0.25, -0.2) is 9.18 Å². The summed E-state index contributed by atoms with van der Waals surface area (Å²) in [5.74, 6) is -0.334. The van der Waals surface area contributed by atoms with Crippen molar-refractivity contribution in [1.82, 2.24) is 9.13 Å². The average molecular weight is 223 g/mol. The lowest BCUT2D eigenvalue weighted by Crippen LogP contribution is -2.23. The maximum atomic E-state index is 13.1. The first-order valence-corrected chi connectivity index (χ1v) is 5.20. The highest BCUT2D eigenvalue weighted by Gasteiger charge is 2.10. The maximum absolute atomic E-state index is 13.1. The largest absolute Gasteiger partial charge is 0.330 e. The topological polar surface area (TPSA) is 53.0 Å². The summed E-state index contributed by atoms with van der Waals surface area (Å²) in [6, 6.07) is 4.36. The molecule has 1 heterocycles. The van der Waals surface area contributed by atoms with Crippen LogP contribution in [0.2, 0.25) is 0 Å². The lowest BCUT2D eigenvalue weighted by Gasteiger charge is -2.00. The van der Waals surface area contributed by atoms with Crippen LogP contribution in [0.3, 0.4) is 0 Å². The average Bonchev–Trinajstić information content (AvgIpc) is 2.50. The molecule has 0 spiro atoms. The van der Waals surface area contributed by atoms with Crippen molar-refractivity contribution < 1.29 is 4.39 Å². The molecule has 4 nitrogen and oxygen atoms in total. The number of nitrogens with two attached hydrogens (primary N) is 1. The Bertz CT molecular complexity index is 570. The number of rotatable bonds is 3. The number of imidazole rings is 1. The molecule has 0 amide bonds. The fourth-order valence-electron chi connectivity index (χ4n) is 1.85. The molecular formula is C11H14FN3O. The van der Waals surface area contributed by atoms with Gasteiger partial charge in [0, 0.05) is 13.6 Å². The van der Waals surface area contributed by atoms with Crippen molar-refractivity contribution in [2.75, 3.05) is 6.54 Å². The quantitative estimate of drug-likeness (QED) is 0.837. The molecule has 0 saturated carbocycles. The molecule has 0 saturated heterocycles. The molecule has 0 aliphatic rings. The zero-order valence-corrected chi connectivity index (χ0v) is 9.11. The van der Waals surface area contributed by atoms with Gasteiger partial charge in [0.2, 0.25) is 0 Å². The molecule has 0 aliphatic heterocycles. The van der Waals surface area contributed by atoms with Crippen molar-refractivity contribution in [2.24, 2.45) is 12.8 Å². The van der Waals surface area contributed by atoms with E-state index in [2.05, 4.69) is 0 Å². The third-order valence-electron chi connectivity index (χ3n) is 2.69. The van der Waals surface area contributed by atoms with Crippen LogP contribution in [-0.4, -0.2) is 15.7 Å². The van der Waals surface area contributed by atoms with Crippen LogP contribution in [0, 0.1) is 5.82 Å². The number of hydrogen-bond donors (Lipinski definition) is 1. The van der Waals surface area contributed by atoms with E-state index in [9.17, 15) is 9.18 Å². The third-order valence-corrected chi connectivity index (χ3v) is 2.69. The van der Waals surface area contributed by atoms with E-state index in [1.807, 2.05) is 0 Å². The van der Waals surface area contributed by atoms with Crippen LogP contribution in [0.1, 0.15) is 6.42 Å². The number of aromatic nitrogens is 2. The van der Waals surface area contributed by atoms with E-state index in [-0.39, 0.29) is 11.5 Å². The molecule has 5 heteroatoms. The predicted octanol–water partition coefficient (Wildman–Crippen LogP) is 0.828. The highest BCUT2D eigenvalue weighted by atomic mass is 19.1. The minimum Gasteiger partial charge on any atom is -0.330 e. The van der Waals surface area contributed by atoms with E-state index in [1.54, 1.807) is 17.7 Å². The van der Waals surface area contributed by atoms with Crippen molar-refractivity contribution in [3.8, 4) is 0 Å². The minimum absolute atomic E-state index is 0.131. The van der Waals surface area contributed by atoms with Crippen LogP contribution in [0.25, 0.3) is 11.0 Å². The Balaban J connectivity index is 2.64. The number of nitrogens with zero attached hydrogens (tertiary/aromatic N) is 2. The van der Waals surface area contributed by atoms with E-state index in [4.69, 9.17) is 5.73 Å². The Morgan fingerprint density at radius 3 is 2.81 bits per heavy atom. The number of fused-ring (bicyclic) bond motifs is 1. The molecule has 0 fully saturated rings. The second kappa shape index (κ2) is 4.09. The molecule has 86 valence electrons. The van der Waals surface area contributed by atoms with Crippen molar-refractivity contribution in [3.63, 3.8) is 0 Å². The first kappa shape index (κ1) is 10.9. The van der Waals surface area contributed by atoms with Crippen molar-refractivity contribution >= 4 is 11.0 Å². The van der Waals surface area contributed by atoms with Crippen LogP contribution in [0.15, 0.2) is 23.0 Å². The van der Waals surface area contributed by atoms with Crippen LogP contribution < -0.4 is 11.4 Å². The first-order valence-electron chi connectivity index (χ1n) is 5.20. The van der Waals surface area contributed by atoms with Gasteiger partial charge in [-0.3, -0.25) is 9.13 Å². The van der Waals surface area contributed by atoms with E-state index in [1.165, 1.54) is 16.7 Å². The molecule has 2 rings (SSSR count). The van der Waals surface area contributed by atoms with Gasteiger partial charge in [-0.15, -0.1) is 0 Å². The summed E-state index contributed by atoms with van der Waals surface area (Å²) in [6.07, 6.45) is 0.733. The van der Waals surface area contributed by atoms with Crippen LogP contribution in [0.4, 0.5) is 4.39 Å². The first-order chi connectivity index (χ1) is 7.65. The highest BCUT2D eigenvalue weighted by Crippen LogP contribution is 2.14. The Morgan fingerprint density at radius 2 is 2.12 bits per heavy atom. The van der Waals surface area contributed by atoms with Gasteiger partial charge < -0.3 is 5.73 Å². The summed E-state index contributed by atoms with van der Waals surface area (Å²) in [4.78, 5) is 11.9.